The van der Waals surface area contributed by atoms with Crippen molar-refractivity contribution in [3.63, 3.8) is 0 Å². The molecule has 0 aliphatic carbocycles. The summed E-state index contributed by atoms with van der Waals surface area (Å²) in [5.74, 6) is 0.343. The fraction of sp³-hybridized carbons (Fsp3) is 0.588. The molecule has 1 aliphatic heterocycles. The van der Waals surface area contributed by atoms with Gasteiger partial charge in [0, 0.05) is 17.9 Å². The number of hydrogen-bond acceptors (Lipinski definition) is 6. The number of carbonyl (C=O) groups is 1. The zero-order valence-electron chi connectivity index (χ0n) is 14.9. The molecule has 0 saturated carbocycles. The fourth-order valence-corrected chi connectivity index (χ4v) is 3.07. The SMILES string of the molecule is Cc1cc(C)nc(CNC(=O)c2cn(CCN3CCCCC3)nn2)n1. The Labute approximate surface area is 147 Å². The normalized spacial score (nSPS) is 15.3. The molecule has 1 fully saturated rings. The van der Waals surface area contributed by atoms with Crippen LogP contribution < -0.4 is 5.32 Å². The van der Waals surface area contributed by atoms with Crippen molar-refractivity contribution in [1.82, 2.24) is 35.2 Å². The maximum absolute atomic E-state index is 12.2. The van der Waals surface area contributed by atoms with Gasteiger partial charge in [0.05, 0.1) is 19.3 Å². The number of rotatable bonds is 6. The first-order chi connectivity index (χ1) is 12.1. The van der Waals surface area contributed by atoms with Gasteiger partial charge in [-0.2, -0.15) is 0 Å². The van der Waals surface area contributed by atoms with Gasteiger partial charge in [0.15, 0.2) is 5.69 Å². The largest absolute Gasteiger partial charge is 0.343 e. The molecule has 8 nitrogen and oxygen atoms in total. The summed E-state index contributed by atoms with van der Waals surface area (Å²) in [6, 6.07) is 1.90. The van der Waals surface area contributed by atoms with Crippen LogP contribution in [-0.4, -0.2) is 55.4 Å². The molecule has 1 N–H and O–H groups in total. The molecule has 0 aromatic carbocycles. The van der Waals surface area contributed by atoms with Crippen LogP contribution in [0.5, 0.6) is 0 Å². The lowest BCUT2D eigenvalue weighted by molar-refractivity contribution is 0.0944. The van der Waals surface area contributed by atoms with Gasteiger partial charge in [-0.25, -0.2) is 9.97 Å². The molecule has 3 heterocycles. The highest BCUT2D eigenvalue weighted by molar-refractivity contribution is 5.91. The summed E-state index contributed by atoms with van der Waals surface area (Å²) in [7, 11) is 0. The van der Waals surface area contributed by atoms with E-state index in [2.05, 4.69) is 30.5 Å². The first-order valence-electron chi connectivity index (χ1n) is 8.82. The second kappa shape index (κ2) is 8.15. The molecule has 2 aromatic rings. The minimum absolute atomic E-state index is 0.257. The predicted octanol–water partition coefficient (Wildman–Crippen LogP) is 1.10. The van der Waals surface area contributed by atoms with E-state index in [4.69, 9.17) is 0 Å². The number of aryl methyl sites for hydroxylation is 2. The second-order valence-electron chi connectivity index (χ2n) is 6.52. The van der Waals surface area contributed by atoms with E-state index in [1.807, 2.05) is 19.9 Å². The van der Waals surface area contributed by atoms with Gasteiger partial charge in [0.1, 0.15) is 5.82 Å². The Bertz CT molecular complexity index is 701. The molecular formula is C17H25N7O. The summed E-state index contributed by atoms with van der Waals surface area (Å²) in [6.07, 6.45) is 5.56. The quantitative estimate of drug-likeness (QED) is 0.845. The lowest BCUT2D eigenvalue weighted by Crippen LogP contribution is -2.32. The Morgan fingerprint density at radius 3 is 2.56 bits per heavy atom. The minimum atomic E-state index is -0.257. The summed E-state index contributed by atoms with van der Waals surface area (Å²) in [6.45, 7) is 8.10. The molecule has 1 aliphatic rings. The molecule has 0 spiro atoms. The van der Waals surface area contributed by atoms with Crippen molar-refractivity contribution in [1.29, 1.82) is 0 Å². The van der Waals surface area contributed by atoms with E-state index in [9.17, 15) is 4.79 Å². The molecule has 0 unspecified atom stereocenters. The van der Waals surface area contributed by atoms with Gasteiger partial charge in [-0.3, -0.25) is 9.48 Å². The average molecular weight is 343 g/mol. The van der Waals surface area contributed by atoms with Gasteiger partial charge >= 0.3 is 0 Å². The van der Waals surface area contributed by atoms with Crippen molar-refractivity contribution in [2.75, 3.05) is 19.6 Å². The van der Waals surface area contributed by atoms with Crippen LogP contribution in [0.2, 0.25) is 0 Å². The molecule has 1 saturated heterocycles. The molecule has 25 heavy (non-hydrogen) atoms. The molecule has 3 rings (SSSR count). The summed E-state index contributed by atoms with van der Waals surface area (Å²) < 4.78 is 1.73. The predicted molar refractivity (Wildman–Crippen MR) is 93.0 cm³/mol. The number of piperidine rings is 1. The van der Waals surface area contributed by atoms with Crippen LogP contribution in [0.15, 0.2) is 12.3 Å². The van der Waals surface area contributed by atoms with Crippen LogP contribution in [0.3, 0.4) is 0 Å². The van der Waals surface area contributed by atoms with Crippen LogP contribution in [0.25, 0.3) is 0 Å². The fourth-order valence-electron chi connectivity index (χ4n) is 3.07. The van der Waals surface area contributed by atoms with E-state index in [0.717, 1.165) is 37.6 Å². The number of nitrogens with one attached hydrogen (secondary N) is 1. The standard InChI is InChI=1S/C17H25N7O/c1-13-10-14(2)20-16(19-13)11-18-17(25)15-12-24(22-21-15)9-8-23-6-4-3-5-7-23/h10,12H,3-9,11H2,1-2H3,(H,18,25). The first kappa shape index (κ1) is 17.5. The van der Waals surface area contributed by atoms with Gasteiger partial charge in [-0.1, -0.05) is 11.6 Å². The lowest BCUT2D eigenvalue weighted by Gasteiger charge is -2.25. The number of carbonyl (C=O) groups excluding carboxylic acids is 1. The summed E-state index contributed by atoms with van der Waals surface area (Å²) >= 11 is 0. The molecule has 2 aromatic heterocycles. The van der Waals surface area contributed by atoms with E-state index in [1.165, 1.54) is 19.3 Å². The van der Waals surface area contributed by atoms with E-state index < -0.39 is 0 Å². The van der Waals surface area contributed by atoms with Crippen LogP contribution in [-0.2, 0) is 13.1 Å². The number of hydrogen-bond donors (Lipinski definition) is 1. The molecular weight excluding hydrogens is 318 g/mol. The first-order valence-corrected chi connectivity index (χ1v) is 8.82. The van der Waals surface area contributed by atoms with Gasteiger partial charge in [0.25, 0.3) is 5.91 Å². The zero-order valence-corrected chi connectivity index (χ0v) is 14.9. The highest BCUT2D eigenvalue weighted by Gasteiger charge is 2.13. The topological polar surface area (TPSA) is 88.8 Å². The highest BCUT2D eigenvalue weighted by Crippen LogP contribution is 2.08. The molecule has 0 radical (unpaired) electrons. The van der Waals surface area contributed by atoms with Crippen LogP contribution in [0, 0.1) is 13.8 Å². The van der Waals surface area contributed by atoms with Crippen molar-refractivity contribution >= 4 is 5.91 Å². The van der Waals surface area contributed by atoms with E-state index in [0.29, 0.717) is 11.5 Å². The van der Waals surface area contributed by atoms with Crippen molar-refractivity contribution < 1.29 is 4.79 Å². The van der Waals surface area contributed by atoms with Gasteiger partial charge in [0.2, 0.25) is 0 Å². The van der Waals surface area contributed by atoms with Gasteiger partial charge < -0.3 is 10.2 Å². The second-order valence-corrected chi connectivity index (χ2v) is 6.52. The number of likely N-dealkylation sites (tertiary alicyclic amines) is 1. The third-order valence-corrected chi connectivity index (χ3v) is 4.30. The van der Waals surface area contributed by atoms with Crippen molar-refractivity contribution in [3.05, 3.63) is 35.2 Å². The molecule has 0 atom stereocenters. The van der Waals surface area contributed by atoms with E-state index in [-0.39, 0.29) is 12.5 Å². The Hall–Kier alpha value is -2.35. The molecule has 1 amide bonds. The average Bonchev–Trinajstić information content (AvgIpc) is 3.07. The number of amides is 1. The van der Waals surface area contributed by atoms with Crippen LogP contribution >= 0.6 is 0 Å². The van der Waals surface area contributed by atoms with E-state index >= 15 is 0 Å². The van der Waals surface area contributed by atoms with Gasteiger partial charge in [-0.15, -0.1) is 5.10 Å². The Balaban J connectivity index is 1.49. The summed E-state index contributed by atoms with van der Waals surface area (Å²) in [5.41, 5.74) is 2.10. The lowest BCUT2D eigenvalue weighted by atomic mass is 10.1. The molecule has 8 heteroatoms. The van der Waals surface area contributed by atoms with Crippen LogP contribution in [0.4, 0.5) is 0 Å². The third-order valence-electron chi connectivity index (χ3n) is 4.30. The van der Waals surface area contributed by atoms with Crippen molar-refractivity contribution in [3.8, 4) is 0 Å². The highest BCUT2D eigenvalue weighted by atomic mass is 16.2. The maximum Gasteiger partial charge on any atom is 0.273 e. The van der Waals surface area contributed by atoms with E-state index in [1.54, 1.807) is 10.9 Å². The Morgan fingerprint density at radius 2 is 1.84 bits per heavy atom. The minimum Gasteiger partial charge on any atom is -0.343 e. The molecule has 0 bridgehead atoms. The maximum atomic E-state index is 12.2. The summed E-state index contributed by atoms with van der Waals surface area (Å²) in [4.78, 5) is 23.3. The monoisotopic (exact) mass is 343 g/mol. The van der Waals surface area contributed by atoms with Gasteiger partial charge in [-0.05, 0) is 45.8 Å². The third kappa shape index (κ3) is 5.06. The smallest absolute Gasteiger partial charge is 0.273 e. The van der Waals surface area contributed by atoms with Crippen molar-refractivity contribution in [2.24, 2.45) is 0 Å². The Kier molecular flexibility index (Phi) is 5.70. The molecule has 134 valence electrons. The number of nitrogens with zero attached hydrogens (tertiary/aromatic N) is 6. The number of aromatic nitrogens is 5. The summed E-state index contributed by atoms with van der Waals surface area (Å²) in [5, 5.41) is 10.8. The van der Waals surface area contributed by atoms with Crippen LogP contribution in [0.1, 0.15) is 47.0 Å². The van der Waals surface area contributed by atoms with Crippen molar-refractivity contribution in [2.45, 2.75) is 46.2 Å². The Morgan fingerprint density at radius 1 is 1.12 bits per heavy atom. The zero-order chi connectivity index (χ0) is 17.6.